The number of benzene rings is 4. The molecule has 0 aliphatic heterocycles. The summed E-state index contributed by atoms with van der Waals surface area (Å²) in [5.74, 6) is -1.63. The van der Waals surface area contributed by atoms with Crippen molar-refractivity contribution < 1.29 is 51.9 Å². The lowest BCUT2D eigenvalue weighted by molar-refractivity contribution is -0.432. The number of phenols is 1. The van der Waals surface area contributed by atoms with Gasteiger partial charge in [0.05, 0.1) is 29.8 Å². The monoisotopic (exact) mass is 567 g/mol. The van der Waals surface area contributed by atoms with Crippen molar-refractivity contribution >= 4 is 67.4 Å². The van der Waals surface area contributed by atoms with E-state index in [1.165, 1.54) is 24.3 Å². The van der Waals surface area contributed by atoms with Gasteiger partial charge in [0.2, 0.25) is 0 Å². The highest BCUT2D eigenvalue weighted by Gasteiger charge is 2.19. The van der Waals surface area contributed by atoms with E-state index in [0.717, 1.165) is 18.1 Å². The molecule has 15 heteroatoms. The quantitative estimate of drug-likeness (QED) is 0.0542. The number of anilines is 1. The summed E-state index contributed by atoms with van der Waals surface area (Å²) in [6, 6.07) is 13.5. The molecule has 0 saturated heterocycles. The summed E-state index contributed by atoms with van der Waals surface area (Å²) < 4.78 is 43.3. The molecule has 0 saturated carbocycles. The number of rotatable bonds is 10. The fourth-order valence-corrected chi connectivity index (χ4v) is 5.54. The van der Waals surface area contributed by atoms with Crippen molar-refractivity contribution in [3.63, 3.8) is 0 Å². The highest BCUT2D eigenvalue weighted by Crippen LogP contribution is 2.38. The highest BCUT2D eigenvalue weighted by atomic mass is 32.2. The zero-order valence-corrected chi connectivity index (χ0v) is 21.0. The van der Waals surface area contributed by atoms with Gasteiger partial charge in [-0.05, 0) is 42.6 Å². The number of aryl methyl sites for hydroxylation is 1. The number of aromatic hydroxyl groups is 1. The number of nitrogens with one attached hydrogen (secondary N) is 1. The number of hydrogen-bond donors (Lipinski definition) is 5. The molecule has 0 heterocycles. The van der Waals surface area contributed by atoms with Crippen molar-refractivity contribution in [2.45, 2.75) is 21.6 Å². The van der Waals surface area contributed by atoms with Crippen LogP contribution in [0.4, 0.5) is 5.69 Å². The van der Waals surface area contributed by atoms with Crippen molar-refractivity contribution in [1.29, 1.82) is 0 Å². The second kappa shape index (κ2) is 11.1. The Morgan fingerprint density at radius 3 is 2.38 bits per heavy atom. The van der Waals surface area contributed by atoms with Crippen LogP contribution >= 0.6 is 24.1 Å². The molecule has 4 aromatic carbocycles. The third-order valence-corrected chi connectivity index (χ3v) is 7.46. The van der Waals surface area contributed by atoms with Crippen LogP contribution in [0.5, 0.6) is 5.75 Å². The van der Waals surface area contributed by atoms with Crippen LogP contribution in [-0.4, -0.2) is 34.4 Å². The third-order valence-electron chi connectivity index (χ3n) is 5.24. The SMILES string of the molecule is Cc1c(O)c(C(=O)O)cc2cccc(SOONc3cc(S(=O)(=O)O)c4cccc(SOOO)c4c3)c12. The van der Waals surface area contributed by atoms with E-state index in [1.54, 1.807) is 31.2 Å². The summed E-state index contributed by atoms with van der Waals surface area (Å²) in [5.41, 5.74) is 2.61. The second-order valence-corrected chi connectivity index (χ2v) is 10.3. The first-order valence-electron chi connectivity index (χ1n) is 10.1. The maximum absolute atomic E-state index is 12.0. The van der Waals surface area contributed by atoms with E-state index in [1.807, 2.05) is 0 Å². The van der Waals surface area contributed by atoms with Crippen LogP contribution < -0.4 is 5.48 Å². The minimum atomic E-state index is -4.64. The van der Waals surface area contributed by atoms with E-state index >= 15 is 0 Å². The van der Waals surface area contributed by atoms with Gasteiger partial charge >= 0.3 is 5.97 Å². The number of fused-ring (bicyclic) bond motifs is 2. The summed E-state index contributed by atoms with van der Waals surface area (Å²) >= 11 is 1.35. The lowest BCUT2D eigenvalue weighted by Gasteiger charge is -2.13. The van der Waals surface area contributed by atoms with Crippen LogP contribution in [0, 0.1) is 6.92 Å². The number of carbonyl (C=O) groups is 1. The zero-order chi connectivity index (χ0) is 26.7. The topological polar surface area (TPSA) is 181 Å². The molecule has 0 amide bonds. The molecule has 0 aromatic heterocycles. The number of hydrogen-bond acceptors (Lipinski definition) is 12. The minimum absolute atomic E-state index is 0.0801. The standard InChI is InChI=1S/C22H17NO11S3/c1-11-20-12(8-16(21(11)24)22(25)26)4-2-7-18(20)36-33-31-23-13-9-15-14(19(10-13)37(28,29)30)5-3-6-17(15)35-34-32-27/h2-10,23-24,27H,1H3,(H,25,26)(H,28,29,30). The van der Waals surface area contributed by atoms with Crippen molar-refractivity contribution in [3.8, 4) is 5.75 Å². The minimum Gasteiger partial charge on any atom is -0.507 e. The first-order valence-corrected chi connectivity index (χ1v) is 13.0. The molecule has 0 unspecified atom stereocenters. The van der Waals surface area contributed by atoms with E-state index in [4.69, 9.17) is 14.6 Å². The number of carboxylic acids is 1. The van der Waals surface area contributed by atoms with Gasteiger partial charge in [-0.25, -0.2) is 15.5 Å². The van der Waals surface area contributed by atoms with Gasteiger partial charge in [-0.15, -0.1) is 13.7 Å². The van der Waals surface area contributed by atoms with Gasteiger partial charge in [-0.3, -0.25) is 4.55 Å². The van der Waals surface area contributed by atoms with Crippen LogP contribution in [0.15, 0.2) is 69.3 Å². The molecule has 0 bridgehead atoms. The fourth-order valence-electron chi connectivity index (χ4n) is 3.69. The fraction of sp³-hybridized carbons (Fsp3) is 0.0455. The van der Waals surface area contributed by atoms with Crippen LogP contribution in [0.2, 0.25) is 0 Å². The molecule has 0 radical (unpaired) electrons. The largest absolute Gasteiger partial charge is 0.507 e. The predicted molar refractivity (Wildman–Crippen MR) is 133 cm³/mol. The van der Waals surface area contributed by atoms with Crippen molar-refractivity contribution in [1.82, 2.24) is 0 Å². The normalized spacial score (nSPS) is 11.8. The van der Waals surface area contributed by atoms with Crippen molar-refractivity contribution in [3.05, 3.63) is 65.7 Å². The Labute approximate surface area is 217 Å². The Balaban J connectivity index is 1.58. The van der Waals surface area contributed by atoms with Gasteiger partial charge in [0.25, 0.3) is 10.1 Å². The first-order chi connectivity index (χ1) is 17.6. The molecule has 194 valence electrons. The van der Waals surface area contributed by atoms with E-state index in [0.29, 0.717) is 43.6 Å². The molecule has 0 spiro atoms. The van der Waals surface area contributed by atoms with E-state index in [2.05, 4.69) is 14.9 Å². The Kier molecular flexibility index (Phi) is 8.08. The molecule has 0 fully saturated rings. The van der Waals surface area contributed by atoms with E-state index in [9.17, 15) is 28.0 Å². The van der Waals surface area contributed by atoms with Crippen molar-refractivity contribution in [2.75, 3.05) is 5.48 Å². The molecule has 0 aliphatic rings. The zero-order valence-electron chi connectivity index (χ0n) is 18.6. The molecule has 4 rings (SSSR count). The first kappa shape index (κ1) is 26.9. The van der Waals surface area contributed by atoms with Gasteiger partial charge in [-0.1, -0.05) is 29.3 Å². The van der Waals surface area contributed by atoms with Crippen LogP contribution in [0.25, 0.3) is 21.5 Å². The van der Waals surface area contributed by atoms with E-state index < -0.39 is 21.0 Å². The summed E-state index contributed by atoms with van der Waals surface area (Å²) in [4.78, 5) is 16.8. The maximum atomic E-state index is 12.0. The second-order valence-electron chi connectivity index (χ2n) is 7.42. The van der Waals surface area contributed by atoms with Gasteiger partial charge in [0, 0.05) is 31.5 Å². The Bertz CT molecular complexity index is 1610. The summed E-state index contributed by atoms with van der Waals surface area (Å²) in [6.07, 6.45) is 0. The lowest BCUT2D eigenvalue weighted by atomic mass is 10.0. The Hall–Kier alpha value is -3.12. The Morgan fingerprint density at radius 2 is 1.68 bits per heavy atom. The molecule has 12 nitrogen and oxygen atoms in total. The van der Waals surface area contributed by atoms with E-state index in [-0.39, 0.29) is 22.4 Å². The number of aromatic carboxylic acids is 1. The lowest BCUT2D eigenvalue weighted by Crippen LogP contribution is -2.04. The highest BCUT2D eigenvalue weighted by molar-refractivity contribution is 7.95. The smallest absolute Gasteiger partial charge is 0.339 e. The van der Waals surface area contributed by atoms with Crippen molar-refractivity contribution in [2.24, 2.45) is 0 Å². The summed E-state index contributed by atoms with van der Waals surface area (Å²) in [5, 5.41) is 33.2. The number of carboxylic acid groups (broad SMARTS) is 1. The molecule has 0 atom stereocenters. The molecule has 37 heavy (non-hydrogen) atoms. The van der Waals surface area contributed by atoms with Gasteiger partial charge in [0.15, 0.2) is 0 Å². The van der Waals surface area contributed by atoms with Crippen LogP contribution in [0.1, 0.15) is 15.9 Å². The average molecular weight is 568 g/mol. The third kappa shape index (κ3) is 5.74. The maximum Gasteiger partial charge on any atom is 0.339 e. The molecular formula is C22H17NO11S3. The molecular weight excluding hydrogens is 550 g/mol. The van der Waals surface area contributed by atoms with Gasteiger partial charge in [0.1, 0.15) is 16.2 Å². The molecule has 0 aliphatic carbocycles. The van der Waals surface area contributed by atoms with Crippen LogP contribution in [-0.2, 0) is 28.8 Å². The van der Waals surface area contributed by atoms with Crippen LogP contribution in [0.3, 0.4) is 0 Å². The average Bonchev–Trinajstić information content (AvgIpc) is 2.86. The van der Waals surface area contributed by atoms with Gasteiger partial charge < -0.3 is 10.2 Å². The molecule has 5 N–H and O–H groups in total. The Morgan fingerprint density at radius 1 is 0.973 bits per heavy atom. The van der Waals surface area contributed by atoms with Gasteiger partial charge in [-0.2, -0.15) is 8.42 Å². The predicted octanol–water partition coefficient (Wildman–Crippen LogP) is 5.36. The molecule has 4 aromatic rings. The summed E-state index contributed by atoms with van der Waals surface area (Å²) in [7, 11) is -4.64. The summed E-state index contributed by atoms with van der Waals surface area (Å²) in [6.45, 7) is 1.57.